The Labute approximate surface area is 134 Å². The summed E-state index contributed by atoms with van der Waals surface area (Å²) < 4.78 is 7.41. The van der Waals surface area contributed by atoms with Crippen LogP contribution in [0.25, 0.3) is 22.7 Å². The van der Waals surface area contributed by atoms with Gasteiger partial charge in [0, 0.05) is 13.0 Å². The minimum Gasteiger partial charge on any atom is -0.461 e. The second-order valence-electron chi connectivity index (χ2n) is 5.17. The summed E-state index contributed by atoms with van der Waals surface area (Å²) in [6, 6.07) is 3.69. The number of hydrogen-bond donors (Lipinski definition) is 1. The summed E-state index contributed by atoms with van der Waals surface area (Å²) in [5.41, 5.74) is 7.32. The molecular formula is C17H19N5O. The van der Waals surface area contributed by atoms with Crippen molar-refractivity contribution >= 4 is 17.0 Å². The van der Waals surface area contributed by atoms with Crippen LogP contribution in [0, 0.1) is 11.8 Å². The molecule has 0 radical (unpaired) electrons. The van der Waals surface area contributed by atoms with Gasteiger partial charge in [0.25, 0.3) is 0 Å². The van der Waals surface area contributed by atoms with E-state index in [2.05, 4.69) is 33.7 Å². The molecule has 0 aliphatic carbocycles. The van der Waals surface area contributed by atoms with Crippen molar-refractivity contribution in [3.63, 3.8) is 0 Å². The van der Waals surface area contributed by atoms with Crippen LogP contribution in [0.2, 0.25) is 0 Å². The lowest BCUT2D eigenvalue weighted by Gasteiger charge is -2.03. The number of nitrogens with zero attached hydrogens (tertiary/aromatic N) is 4. The van der Waals surface area contributed by atoms with E-state index in [0.29, 0.717) is 40.9 Å². The molecule has 3 aromatic heterocycles. The first kappa shape index (κ1) is 15.1. The molecule has 0 aliphatic heterocycles. The Morgan fingerprint density at radius 1 is 1.26 bits per heavy atom. The zero-order chi connectivity index (χ0) is 16.2. The minimum atomic E-state index is 0.342. The van der Waals surface area contributed by atoms with Gasteiger partial charge in [0.2, 0.25) is 5.82 Å². The number of aryl methyl sites for hydroxylation is 1. The molecule has 3 rings (SSSR count). The van der Waals surface area contributed by atoms with E-state index < -0.39 is 0 Å². The molecule has 6 nitrogen and oxygen atoms in total. The van der Waals surface area contributed by atoms with Crippen molar-refractivity contribution in [2.24, 2.45) is 0 Å². The zero-order valence-electron chi connectivity index (χ0n) is 13.3. The molecule has 0 aromatic carbocycles. The normalized spacial score (nSPS) is 10.7. The predicted octanol–water partition coefficient (Wildman–Crippen LogP) is 3.23. The SMILES string of the molecule is CCCCC#Cc1nc(N)c2nc(-c3ccco3)n(CC)c2n1. The molecule has 0 amide bonds. The number of anilines is 1. The van der Waals surface area contributed by atoms with Crippen molar-refractivity contribution < 1.29 is 4.42 Å². The van der Waals surface area contributed by atoms with Gasteiger partial charge in [0.05, 0.1) is 6.26 Å². The summed E-state index contributed by atoms with van der Waals surface area (Å²) in [6.45, 7) is 4.86. The first-order chi connectivity index (χ1) is 11.2. The predicted molar refractivity (Wildman–Crippen MR) is 89.5 cm³/mol. The molecule has 0 saturated carbocycles. The van der Waals surface area contributed by atoms with Gasteiger partial charge in [-0.3, -0.25) is 0 Å². The molecule has 0 spiro atoms. The van der Waals surface area contributed by atoms with Crippen LogP contribution in [0.1, 0.15) is 38.9 Å². The average Bonchev–Trinajstić information content (AvgIpc) is 3.18. The maximum absolute atomic E-state index is 6.05. The molecule has 0 saturated heterocycles. The lowest BCUT2D eigenvalue weighted by atomic mass is 10.2. The van der Waals surface area contributed by atoms with E-state index in [1.807, 2.05) is 23.6 Å². The number of nitrogen functional groups attached to an aromatic ring is 1. The van der Waals surface area contributed by atoms with Crippen LogP contribution in [0.5, 0.6) is 0 Å². The monoisotopic (exact) mass is 309 g/mol. The Balaban J connectivity index is 2.10. The van der Waals surface area contributed by atoms with Gasteiger partial charge >= 0.3 is 0 Å². The van der Waals surface area contributed by atoms with E-state index in [9.17, 15) is 0 Å². The minimum absolute atomic E-state index is 0.342. The summed E-state index contributed by atoms with van der Waals surface area (Å²) in [7, 11) is 0. The topological polar surface area (TPSA) is 82.8 Å². The molecular weight excluding hydrogens is 290 g/mol. The third-order valence-corrected chi connectivity index (χ3v) is 3.53. The highest BCUT2D eigenvalue weighted by atomic mass is 16.3. The standard InChI is InChI=1S/C17H19N5O/c1-3-5-6-7-10-13-19-15(18)14-17(20-13)22(4-2)16(21-14)12-9-8-11-23-12/h8-9,11H,3-6H2,1-2H3,(H2,18,19,20). The fraction of sp³-hybridized carbons (Fsp3) is 0.353. The summed E-state index contributed by atoms with van der Waals surface area (Å²) in [5.74, 6) is 8.24. The van der Waals surface area contributed by atoms with Crippen molar-refractivity contribution in [1.29, 1.82) is 0 Å². The van der Waals surface area contributed by atoms with Crippen LogP contribution in [0.15, 0.2) is 22.8 Å². The molecule has 3 aromatic rings. The summed E-state index contributed by atoms with van der Waals surface area (Å²) in [4.78, 5) is 13.3. The average molecular weight is 309 g/mol. The maximum atomic E-state index is 6.05. The fourth-order valence-electron chi connectivity index (χ4n) is 2.38. The van der Waals surface area contributed by atoms with Crippen LogP contribution in [0.3, 0.4) is 0 Å². The van der Waals surface area contributed by atoms with Gasteiger partial charge in [-0.1, -0.05) is 19.3 Å². The van der Waals surface area contributed by atoms with E-state index >= 15 is 0 Å². The van der Waals surface area contributed by atoms with Gasteiger partial charge in [0.1, 0.15) is 0 Å². The second kappa shape index (κ2) is 6.53. The number of furan rings is 1. The number of hydrogen-bond acceptors (Lipinski definition) is 5. The first-order valence-electron chi connectivity index (χ1n) is 7.81. The van der Waals surface area contributed by atoms with Crippen LogP contribution in [0.4, 0.5) is 5.82 Å². The highest BCUT2D eigenvalue weighted by Crippen LogP contribution is 2.26. The van der Waals surface area contributed by atoms with E-state index in [0.717, 1.165) is 19.3 Å². The van der Waals surface area contributed by atoms with Crippen molar-refractivity contribution in [3.05, 3.63) is 24.2 Å². The van der Waals surface area contributed by atoms with E-state index in [4.69, 9.17) is 10.2 Å². The molecule has 0 atom stereocenters. The van der Waals surface area contributed by atoms with E-state index in [-0.39, 0.29) is 0 Å². The van der Waals surface area contributed by atoms with Crippen LogP contribution < -0.4 is 5.73 Å². The van der Waals surface area contributed by atoms with Crippen molar-refractivity contribution in [1.82, 2.24) is 19.5 Å². The number of nitrogens with two attached hydrogens (primary N) is 1. The number of imidazole rings is 1. The van der Waals surface area contributed by atoms with Crippen molar-refractivity contribution in [3.8, 4) is 23.4 Å². The van der Waals surface area contributed by atoms with Gasteiger partial charge in [-0.25, -0.2) is 15.0 Å². The van der Waals surface area contributed by atoms with Crippen molar-refractivity contribution in [2.45, 2.75) is 39.7 Å². The quantitative estimate of drug-likeness (QED) is 0.591. The third kappa shape index (κ3) is 2.90. The molecule has 0 unspecified atom stereocenters. The number of rotatable bonds is 4. The molecule has 0 aliphatic rings. The second-order valence-corrected chi connectivity index (χ2v) is 5.17. The van der Waals surface area contributed by atoms with Crippen LogP contribution in [-0.2, 0) is 6.54 Å². The number of aromatic nitrogens is 4. The van der Waals surface area contributed by atoms with Crippen LogP contribution in [-0.4, -0.2) is 19.5 Å². The number of fused-ring (bicyclic) bond motifs is 1. The Morgan fingerprint density at radius 2 is 2.13 bits per heavy atom. The first-order valence-corrected chi connectivity index (χ1v) is 7.81. The smallest absolute Gasteiger partial charge is 0.208 e. The van der Waals surface area contributed by atoms with E-state index in [1.165, 1.54) is 0 Å². The van der Waals surface area contributed by atoms with Gasteiger partial charge in [-0.2, -0.15) is 0 Å². The molecule has 6 heteroatoms. The number of unbranched alkanes of at least 4 members (excludes halogenated alkanes) is 2. The Bertz CT molecular complexity index is 868. The summed E-state index contributed by atoms with van der Waals surface area (Å²) in [5, 5.41) is 0. The van der Waals surface area contributed by atoms with Gasteiger partial charge < -0.3 is 14.7 Å². The third-order valence-electron chi connectivity index (χ3n) is 3.53. The van der Waals surface area contributed by atoms with Crippen LogP contribution >= 0.6 is 0 Å². The Morgan fingerprint density at radius 3 is 2.83 bits per heavy atom. The van der Waals surface area contributed by atoms with Gasteiger partial charge in [-0.05, 0) is 31.4 Å². The largest absolute Gasteiger partial charge is 0.461 e. The zero-order valence-corrected chi connectivity index (χ0v) is 13.3. The molecule has 0 fully saturated rings. The lowest BCUT2D eigenvalue weighted by molar-refractivity contribution is 0.571. The van der Waals surface area contributed by atoms with E-state index in [1.54, 1.807) is 6.26 Å². The van der Waals surface area contributed by atoms with Gasteiger partial charge in [-0.15, -0.1) is 0 Å². The highest BCUT2D eigenvalue weighted by molar-refractivity contribution is 5.85. The van der Waals surface area contributed by atoms with Crippen molar-refractivity contribution in [2.75, 3.05) is 5.73 Å². The molecule has 0 bridgehead atoms. The molecule has 118 valence electrons. The Hall–Kier alpha value is -2.81. The lowest BCUT2D eigenvalue weighted by Crippen LogP contribution is -2.02. The fourth-order valence-corrected chi connectivity index (χ4v) is 2.38. The summed E-state index contributed by atoms with van der Waals surface area (Å²) in [6.07, 6.45) is 4.64. The highest BCUT2D eigenvalue weighted by Gasteiger charge is 2.17. The maximum Gasteiger partial charge on any atom is 0.208 e. The Kier molecular flexibility index (Phi) is 4.29. The van der Waals surface area contributed by atoms with Gasteiger partial charge in [0.15, 0.2) is 28.6 Å². The summed E-state index contributed by atoms with van der Waals surface area (Å²) >= 11 is 0. The molecule has 2 N–H and O–H groups in total. The molecule has 3 heterocycles. The molecule has 23 heavy (non-hydrogen) atoms.